The largest absolute Gasteiger partial charge is 0.0840 e. The van der Waals surface area contributed by atoms with Gasteiger partial charge in [-0.15, -0.1) is 0 Å². The molecule has 1 atom stereocenters. The molecule has 0 radical (unpaired) electrons. The first-order valence-electron chi connectivity index (χ1n) is 11.6. The Morgan fingerprint density at radius 3 is 1.73 bits per heavy atom. The van der Waals surface area contributed by atoms with E-state index >= 15 is 0 Å². The zero-order valence-electron chi connectivity index (χ0n) is 18.0. The maximum atomic E-state index is 2.35. The molecule has 1 unspecified atom stereocenters. The topological polar surface area (TPSA) is 0 Å². The molecule has 0 aliphatic heterocycles. The van der Waals surface area contributed by atoms with Crippen LogP contribution in [0.25, 0.3) is 0 Å². The molecule has 3 aromatic rings. The molecule has 0 N–H and O–H groups in total. The second kappa shape index (κ2) is 11.2. The van der Waals surface area contributed by atoms with Crippen LogP contribution in [0, 0.1) is 0 Å². The van der Waals surface area contributed by atoms with Crippen molar-refractivity contribution in [3.05, 3.63) is 91.0 Å². The minimum absolute atomic E-state index is 0.242. The first-order valence-corrected chi connectivity index (χ1v) is 14.1. The lowest BCUT2D eigenvalue weighted by Crippen LogP contribution is -2.29. The number of hydrogen-bond donors (Lipinski definition) is 0. The van der Waals surface area contributed by atoms with E-state index in [0.29, 0.717) is 5.16 Å². The van der Waals surface area contributed by atoms with Crippen LogP contribution >= 0.6 is 16.5 Å². The fourth-order valence-electron chi connectivity index (χ4n) is 4.85. The maximum Gasteiger partial charge on any atom is -0.00816 e. The molecule has 2 heteroatoms. The summed E-state index contributed by atoms with van der Waals surface area (Å²) in [6.45, 7) is 0. The van der Waals surface area contributed by atoms with Crippen molar-refractivity contribution in [1.82, 2.24) is 0 Å². The summed E-state index contributed by atoms with van der Waals surface area (Å²) in [5, 5.41) is 5.19. The van der Waals surface area contributed by atoms with Crippen LogP contribution in [0.15, 0.2) is 91.0 Å². The van der Waals surface area contributed by atoms with Crippen LogP contribution in [0.5, 0.6) is 0 Å². The standard InChI is InChI=1S/C28H34P2/c1-5-15-25(16-6-1)29-28(21-11-4-12-22-28)23-13-14-24-30(26-17-7-2-8-18-26)27-19-9-3-10-20-27/h1-3,5-10,15-20,29H,4,11-14,21-24H2. The first kappa shape index (κ1) is 21.7. The Morgan fingerprint density at radius 2 is 1.17 bits per heavy atom. The molecule has 0 bridgehead atoms. The molecule has 4 rings (SSSR count). The number of hydrogen-bond acceptors (Lipinski definition) is 0. The molecule has 1 saturated carbocycles. The molecule has 3 aromatic carbocycles. The molecule has 1 aliphatic carbocycles. The van der Waals surface area contributed by atoms with Crippen molar-refractivity contribution in [3.8, 4) is 0 Å². The van der Waals surface area contributed by atoms with Crippen LogP contribution in [0.3, 0.4) is 0 Å². The third kappa shape index (κ3) is 6.03. The maximum absolute atomic E-state index is 2.35. The van der Waals surface area contributed by atoms with Crippen LogP contribution < -0.4 is 15.9 Å². The van der Waals surface area contributed by atoms with E-state index in [1.807, 2.05) is 0 Å². The molecule has 0 aromatic heterocycles. The molecular formula is C28H34P2. The molecule has 1 aliphatic rings. The van der Waals surface area contributed by atoms with E-state index in [9.17, 15) is 0 Å². The third-order valence-corrected chi connectivity index (χ3v) is 10.9. The highest BCUT2D eigenvalue weighted by atomic mass is 31.1. The molecule has 30 heavy (non-hydrogen) atoms. The summed E-state index contributed by atoms with van der Waals surface area (Å²) in [6.07, 6.45) is 12.6. The highest BCUT2D eigenvalue weighted by molar-refractivity contribution is 7.73. The van der Waals surface area contributed by atoms with E-state index in [1.54, 1.807) is 5.30 Å². The van der Waals surface area contributed by atoms with E-state index in [0.717, 1.165) is 8.58 Å². The molecule has 156 valence electrons. The van der Waals surface area contributed by atoms with Crippen molar-refractivity contribution < 1.29 is 0 Å². The fourth-order valence-corrected chi connectivity index (χ4v) is 9.15. The fraction of sp³-hybridized carbons (Fsp3) is 0.357. The third-order valence-electron chi connectivity index (χ3n) is 6.42. The van der Waals surface area contributed by atoms with E-state index in [2.05, 4.69) is 91.0 Å². The van der Waals surface area contributed by atoms with E-state index in [1.165, 1.54) is 68.1 Å². The average Bonchev–Trinajstić information content (AvgIpc) is 2.81. The van der Waals surface area contributed by atoms with Gasteiger partial charge in [0.15, 0.2) is 0 Å². The predicted octanol–water partition coefficient (Wildman–Crippen LogP) is 7.00. The lowest BCUT2D eigenvalue weighted by Gasteiger charge is -2.38. The Kier molecular flexibility index (Phi) is 8.14. The van der Waals surface area contributed by atoms with Gasteiger partial charge in [0.2, 0.25) is 0 Å². The summed E-state index contributed by atoms with van der Waals surface area (Å²) in [5.41, 5.74) is 0. The Labute approximate surface area is 186 Å². The SMILES string of the molecule is c1ccc(PC2(CCCCP(c3ccccc3)c3ccccc3)CCCCC2)cc1. The van der Waals surface area contributed by atoms with Crippen molar-refractivity contribution in [1.29, 1.82) is 0 Å². The van der Waals surface area contributed by atoms with Crippen LogP contribution in [-0.2, 0) is 0 Å². The van der Waals surface area contributed by atoms with Crippen LogP contribution in [0.4, 0.5) is 0 Å². The normalized spacial score (nSPS) is 16.3. The van der Waals surface area contributed by atoms with E-state index in [-0.39, 0.29) is 7.92 Å². The molecular weight excluding hydrogens is 398 g/mol. The van der Waals surface area contributed by atoms with Gasteiger partial charge in [-0.1, -0.05) is 125 Å². The van der Waals surface area contributed by atoms with Gasteiger partial charge in [0.25, 0.3) is 0 Å². The Hall–Kier alpha value is -1.48. The number of benzene rings is 3. The van der Waals surface area contributed by atoms with Gasteiger partial charge in [0, 0.05) is 0 Å². The molecule has 0 heterocycles. The first-order chi connectivity index (χ1) is 14.8. The van der Waals surface area contributed by atoms with Gasteiger partial charge >= 0.3 is 0 Å². The molecule has 0 nitrogen and oxygen atoms in total. The summed E-state index contributed by atoms with van der Waals surface area (Å²) in [6, 6.07) is 33.7. The van der Waals surface area contributed by atoms with Crippen molar-refractivity contribution in [2.75, 3.05) is 6.16 Å². The molecule has 1 fully saturated rings. The average molecular weight is 433 g/mol. The minimum atomic E-state index is -0.242. The van der Waals surface area contributed by atoms with Gasteiger partial charge < -0.3 is 0 Å². The van der Waals surface area contributed by atoms with Crippen LogP contribution in [-0.4, -0.2) is 11.3 Å². The lowest BCUT2D eigenvalue weighted by molar-refractivity contribution is 0.367. The van der Waals surface area contributed by atoms with Crippen LogP contribution in [0.1, 0.15) is 51.4 Å². The Bertz CT molecular complexity index is 815. The lowest BCUT2D eigenvalue weighted by atomic mass is 9.84. The van der Waals surface area contributed by atoms with E-state index in [4.69, 9.17) is 0 Å². The summed E-state index contributed by atoms with van der Waals surface area (Å²) in [5.74, 6) is 0. The second-order valence-electron chi connectivity index (χ2n) is 8.61. The quantitative estimate of drug-likeness (QED) is 0.252. The number of rotatable bonds is 9. The predicted molar refractivity (Wildman–Crippen MR) is 138 cm³/mol. The van der Waals surface area contributed by atoms with Crippen molar-refractivity contribution >= 4 is 32.4 Å². The summed E-state index contributed by atoms with van der Waals surface area (Å²) in [7, 11) is 0.738. The Balaban J connectivity index is 1.39. The highest BCUT2D eigenvalue weighted by Crippen LogP contribution is 2.47. The molecule has 0 saturated heterocycles. The second-order valence-corrected chi connectivity index (χ2v) is 12.8. The molecule has 0 spiro atoms. The van der Waals surface area contributed by atoms with Gasteiger partial charge in [-0.05, 0) is 60.8 Å². The monoisotopic (exact) mass is 432 g/mol. The van der Waals surface area contributed by atoms with E-state index < -0.39 is 0 Å². The van der Waals surface area contributed by atoms with Crippen molar-refractivity contribution in [2.24, 2.45) is 0 Å². The highest BCUT2D eigenvalue weighted by Gasteiger charge is 2.31. The van der Waals surface area contributed by atoms with Crippen molar-refractivity contribution in [2.45, 2.75) is 56.5 Å². The summed E-state index contributed by atoms with van der Waals surface area (Å²) < 4.78 is 0. The molecule has 0 amide bonds. The Morgan fingerprint density at radius 1 is 0.633 bits per heavy atom. The smallest absolute Gasteiger partial charge is 0.00816 e. The van der Waals surface area contributed by atoms with Gasteiger partial charge in [0.1, 0.15) is 0 Å². The van der Waals surface area contributed by atoms with Gasteiger partial charge in [0.05, 0.1) is 0 Å². The summed E-state index contributed by atoms with van der Waals surface area (Å²) >= 11 is 0. The van der Waals surface area contributed by atoms with Crippen LogP contribution in [0.2, 0.25) is 0 Å². The summed E-state index contributed by atoms with van der Waals surface area (Å²) in [4.78, 5) is 0. The minimum Gasteiger partial charge on any atom is -0.0840 e. The van der Waals surface area contributed by atoms with Gasteiger partial charge in [-0.3, -0.25) is 0 Å². The zero-order chi connectivity index (χ0) is 20.5. The van der Waals surface area contributed by atoms with Gasteiger partial charge in [-0.25, -0.2) is 0 Å². The zero-order valence-corrected chi connectivity index (χ0v) is 19.9. The van der Waals surface area contributed by atoms with Crippen molar-refractivity contribution in [3.63, 3.8) is 0 Å². The number of unbranched alkanes of at least 4 members (excludes halogenated alkanes) is 1. The van der Waals surface area contributed by atoms with Gasteiger partial charge in [-0.2, -0.15) is 0 Å².